The van der Waals surface area contributed by atoms with E-state index >= 15 is 4.39 Å². The maximum absolute atomic E-state index is 15.8. The Morgan fingerprint density at radius 3 is 2.22 bits per heavy atom. The number of nitrogens with zero attached hydrogens (tertiary/aromatic N) is 1. The largest absolute Gasteiger partial charge is 0.478 e. The molecule has 3 N–H and O–H groups in total. The van der Waals surface area contributed by atoms with Crippen LogP contribution in [0.5, 0.6) is 5.75 Å². The Bertz CT molecular complexity index is 817. The molecule has 3 rings (SSSR count). The molecule has 1 fully saturated rings. The molecule has 1 aliphatic heterocycles. The first-order valence-electron chi connectivity index (χ1n) is 8.72. The van der Waals surface area contributed by atoms with Crippen molar-refractivity contribution in [1.29, 1.82) is 0 Å². The Hall–Kier alpha value is -2.93. The molecule has 1 saturated heterocycles. The third-order valence-corrected chi connectivity index (χ3v) is 4.56. The highest BCUT2D eigenvalue weighted by Crippen LogP contribution is 2.29. The number of carboxylic acids is 1. The van der Waals surface area contributed by atoms with Crippen LogP contribution >= 0.6 is 0 Å². The first kappa shape index (κ1) is 18.8. The van der Waals surface area contributed by atoms with Crippen LogP contribution in [0, 0.1) is 0 Å². The Morgan fingerprint density at radius 2 is 1.67 bits per heavy atom. The molecule has 0 aromatic heterocycles. The van der Waals surface area contributed by atoms with Gasteiger partial charge in [-0.1, -0.05) is 12.1 Å². The second kappa shape index (κ2) is 7.75. The van der Waals surface area contributed by atoms with Crippen LogP contribution in [0.4, 0.5) is 10.1 Å². The predicted octanol–water partition coefficient (Wildman–Crippen LogP) is 2.88. The van der Waals surface area contributed by atoms with Crippen LogP contribution in [-0.2, 0) is 11.2 Å². The van der Waals surface area contributed by atoms with Gasteiger partial charge in [-0.3, -0.25) is 4.79 Å². The van der Waals surface area contributed by atoms with Gasteiger partial charge in [0.25, 0.3) is 0 Å². The van der Waals surface area contributed by atoms with E-state index in [1.165, 1.54) is 29.2 Å². The Balaban J connectivity index is 1.83. The van der Waals surface area contributed by atoms with Crippen molar-refractivity contribution >= 4 is 17.4 Å². The molecule has 27 heavy (non-hydrogen) atoms. The lowest BCUT2D eigenvalue weighted by Gasteiger charge is -2.33. The summed E-state index contributed by atoms with van der Waals surface area (Å²) < 4.78 is 21.3. The van der Waals surface area contributed by atoms with Gasteiger partial charge in [-0.25, -0.2) is 9.69 Å². The molecule has 0 bridgehead atoms. The number of ether oxygens (including phenoxy) is 1. The summed E-state index contributed by atoms with van der Waals surface area (Å²) in [6, 6.07) is 12.0. The number of hydrogen-bond acceptors (Lipinski definition) is 5. The van der Waals surface area contributed by atoms with E-state index < -0.39 is 17.7 Å². The second-order valence-electron chi connectivity index (χ2n) is 6.53. The van der Waals surface area contributed by atoms with Gasteiger partial charge in [0.05, 0.1) is 5.56 Å². The monoisotopic (exact) mass is 372 g/mol. The number of carbonyl (C=O) groups excluding carboxylic acids is 1. The highest BCUT2D eigenvalue weighted by atomic mass is 19.2. The summed E-state index contributed by atoms with van der Waals surface area (Å²) in [6.45, 7) is 0.828. The van der Waals surface area contributed by atoms with E-state index in [1.54, 1.807) is 24.3 Å². The van der Waals surface area contributed by atoms with Crippen LogP contribution < -0.4 is 10.5 Å². The van der Waals surface area contributed by atoms with E-state index in [0.29, 0.717) is 24.3 Å². The van der Waals surface area contributed by atoms with Crippen LogP contribution in [0.25, 0.3) is 0 Å². The lowest BCUT2D eigenvalue weighted by atomic mass is 10.1. The van der Waals surface area contributed by atoms with E-state index in [0.717, 1.165) is 12.8 Å². The number of hydrogen-bond donors (Lipinski definition) is 2. The summed E-state index contributed by atoms with van der Waals surface area (Å²) >= 11 is 0. The highest BCUT2D eigenvalue weighted by Gasteiger charge is 2.48. The number of alkyl halides is 1. The minimum atomic E-state index is -2.61. The van der Waals surface area contributed by atoms with Crippen LogP contribution in [0.3, 0.4) is 0 Å². The first-order chi connectivity index (χ1) is 12.9. The zero-order valence-electron chi connectivity index (χ0n) is 14.7. The van der Waals surface area contributed by atoms with E-state index in [9.17, 15) is 9.59 Å². The second-order valence-corrected chi connectivity index (χ2v) is 6.53. The molecule has 0 amide bonds. The average molecular weight is 372 g/mol. The Morgan fingerprint density at radius 1 is 1.07 bits per heavy atom. The molecule has 0 saturated carbocycles. The SMILES string of the molecule is Nc1ccc(CC(=O)C(F)(Oc2ccc(C(=O)O)cc2)N2CCCC2)cc1. The molecule has 6 nitrogen and oxygen atoms in total. The van der Waals surface area contributed by atoms with Gasteiger partial charge >= 0.3 is 11.9 Å². The molecule has 1 atom stereocenters. The number of benzene rings is 2. The summed E-state index contributed by atoms with van der Waals surface area (Å²) in [7, 11) is 0. The molecule has 0 spiro atoms. The van der Waals surface area contributed by atoms with Crippen LogP contribution in [0.1, 0.15) is 28.8 Å². The van der Waals surface area contributed by atoms with Gasteiger partial charge in [0, 0.05) is 25.2 Å². The standard InChI is InChI=1S/C20H21FN2O4/c21-20(23-11-1-2-12-23,18(24)13-14-3-7-16(22)8-4-14)27-17-9-5-15(6-10-17)19(25)26/h3-10H,1-2,11-13,22H2,(H,25,26). The van der Waals surface area contributed by atoms with E-state index in [4.69, 9.17) is 15.6 Å². The van der Waals surface area contributed by atoms with Gasteiger partial charge in [0.2, 0.25) is 5.78 Å². The Kier molecular flexibility index (Phi) is 5.41. The van der Waals surface area contributed by atoms with Gasteiger partial charge in [0.15, 0.2) is 0 Å². The van der Waals surface area contributed by atoms with Gasteiger partial charge in [-0.2, -0.15) is 4.39 Å². The molecular formula is C20H21FN2O4. The van der Waals surface area contributed by atoms with E-state index in [-0.39, 0.29) is 17.7 Å². The fourth-order valence-corrected chi connectivity index (χ4v) is 3.05. The number of Topliss-reactive ketones (excluding diaryl/α,β-unsaturated/α-hetero) is 1. The van der Waals surface area contributed by atoms with Crippen molar-refractivity contribution in [2.45, 2.75) is 25.2 Å². The fourth-order valence-electron chi connectivity index (χ4n) is 3.05. The first-order valence-corrected chi connectivity index (χ1v) is 8.72. The van der Waals surface area contributed by atoms with E-state index in [1.807, 2.05) is 0 Å². The zero-order valence-corrected chi connectivity index (χ0v) is 14.7. The van der Waals surface area contributed by atoms with Crippen molar-refractivity contribution in [3.8, 4) is 5.75 Å². The molecule has 2 aromatic carbocycles. The molecule has 142 valence electrons. The van der Waals surface area contributed by atoms with Crippen molar-refractivity contribution in [2.75, 3.05) is 18.8 Å². The molecule has 0 radical (unpaired) electrons. The van der Waals surface area contributed by atoms with Crippen LogP contribution in [-0.4, -0.2) is 40.8 Å². The van der Waals surface area contributed by atoms with Crippen LogP contribution in [0.2, 0.25) is 0 Å². The third kappa shape index (κ3) is 4.25. The lowest BCUT2D eigenvalue weighted by molar-refractivity contribution is -0.191. The van der Waals surface area contributed by atoms with E-state index in [2.05, 4.69) is 0 Å². The predicted molar refractivity (Wildman–Crippen MR) is 98.2 cm³/mol. The maximum Gasteiger partial charge on any atom is 0.371 e. The summed E-state index contributed by atoms with van der Waals surface area (Å²) in [4.78, 5) is 25.2. The summed E-state index contributed by atoms with van der Waals surface area (Å²) in [5.41, 5.74) is 6.90. The number of halogens is 1. The number of carbonyl (C=O) groups is 2. The zero-order chi connectivity index (χ0) is 19.4. The molecule has 1 heterocycles. The molecule has 0 aliphatic carbocycles. The quantitative estimate of drug-likeness (QED) is 0.573. The number of rotatable bonds is 7. The number of likely N-dealkylation sites (tertiary alicyclic amines) is 1. The molecule has 7 heteroatoms. The van der Waals surface area contributed by atoms with Gasteiger partial charge < -0.3 is 15.6 Å². The maximum atomic E-state index is 15.8. The Labute approximate surface area is 156 Å². The highest BCUT2D eigenvalue weighted by molar-refractivity contribution is 5.88. The minimum absolute atomic E-state index is 0.0566. The number of nitrogens with two attached hydrogens (primary N) is 1. The molecule has 1 aliphatic rings. The molecular weight excluding hydrogens is 351 g/mol. The topological polar surface area (TPSA) is 92.9 Å². The third-order valence-electron chi connectivity index (χ3n) is 4.56. The summed E-state index contributed by atoms with van der Waals surface area (Å²) in [5, 5.41) is 8.97. The molecule has 2 aromatic rings. The summed E-state index contributed by atoms with van der Waals surface area (Å²) in [5.74, 6) is -4.31. The lowest BCUT2D eigenvalue weighted by Crippen LogP contribution is -2.55. The normalized spacial score (nSPS) is 16.6. The minimum Gasteiger partial charge on any atom is -0.478 e. The average Bonchev–Trinajstić information content (AvgIpc) is 3.19. The smallest absolute Gasteiger partial charge is 0.371 e. The van der Waals surface area contributed by atoms with Gasteiger partial charge in [-0.05, 0) is 54.8 Å². The number of carboxylic acid groups (broad SMARTS) is 1. The number of anilines is 1. The fraction of sp³-hybridized carbons (Fsp3) is 0.300. The number of aromatic carboxylic acids is 1. The summed E-state index contributed by atoms with van der Waals surface area (Å²) in [6.07, 6.45) is 1.42. The van der Waals surface area contributed by atoms with Crippen LogP contribution in [0.15, 0.2) is 48.5 Å². The molecule has 1 unspecified atom stereocenters. The number of ketones is 1. The van der Waals surface area contributed by atoms with Crippen molar-refractivity contribution in [2.24, 2.45) is 0 Å². The van der Waals surface area contributed by atoms with Crippen molar-refractivity contribution in [1.82, 2.24) is 4.90 Å². The van der Waals surface area contributed by atoms with Gasteiger partial charge in [-0.15, -0.1) is 0 Å². The number of nitrogen functional groups attached to an aromatic ring is 1. The van der Waals surface area contributed by atoms with Crippen molar-refractivity contribution in [3.05, 3.63) is 59.7 Å². The van der Waals surface area contributed by atoms with Gasteiger partial charge in [0.1, 0.15) is 5.75 Å². The van der Waals surface area contributed by atoms with Crippen molar-refractivity contribution < 1.29 is 23.8 Å². The van der Waals surface area contributed by atoms with Crippen molar-refractivity contribution in [3.63, 3.8) is 0 Å².